The minimum Gasteiger partial charge on any atom is -0.386 e. The molecule has 174 valence electrons. The number of carbonyl (C=O) groups is 3. The molecule has 1 aliphatic heterocycles. The van der Waals surface area contributed by atoms with E-state index in [1.165, 1.54) is 18.4 Å². The first-order valence-corrected chi connectivity index (χ1v) is 12.4. The summed E-state index contributed by atoms with van der Waals surface area (Å²) in [5, 5.41) is 6.16. The Bertz CT molecular complexity index is 883. The molecule has 0 saturated carbocycles. The van der Waals surface area contributed by atoms with E-state index in [9.17, 15) is 14.4 Å². The van der Waals surface area contributed by atoms with Crippen molar-refractivity contribution in [3.05, 3.63) is 42.0 Å². The Morgan fingerprint density at radius 3 is 2.09 bits per heavy atom. The number of halogens is 1. The van der Waals surface area contributed by atoms with Crippen molar-refractivity contribution in [2.45, 2.75) is 51.6 Å². The minimum atomic E-state index is -3.31. The number of hydrogen-bond acceptors (Lipinski definition) is 5. The van der Waals surface area contributed by atoms with Crippen molar-refractivity contribution in [1.82, 2.24) is 10.2 Å². The second-order valence-corrected chi connectivity index (χ2v) is 14.7. The number of carbonyl (C=O) groups excluding carboxylic acids is 3. The van der Waals surface area contributed by atoms with Gasteiger partial charge < -0.3 is 14.3 Å². The highest BCUT2D eigenvalue weighted by atomic mass is 28.4. The van der Waals surface area contributed by atoms with Gasteiger partial charge in [0.05, 0.1) is 6.21 Å². The average Bonchev–Trinajstić information content (AvgIpc) is 3.01. The van der Waals surface area contributed by atoms with Crippen molar-refractivity contribution in [2.24, 2.45) is 5.16 Å². The van der Waals surface area contributed by atoms with Gasteiger partial charge in [0, 0.05) is 25.2 Å². The standard InChI is InChI=1S/C23H32FN3O4Si/c1-22(2,3)32(24,23(4,5)6)18-9-7-17(8-10-18)15-26-31-16-19(28)25-13-14-27-20(29)11-12-21(27)30/h7-12,15H,13-14,16H2,1-6H3,(H,25,28). The summed E-state index contributed by atoms with van der Waals surface area (Å²) >= 11 is 0. The van der Waals surface area contributed by atoms with Crippen LogP contribution in [0.25, 0.3) is 0 Å². The van der Waals surface area contributed by atoms with Crippen molar-refractivity contribution in [3.8, 4) is 0 Å². The lowest BCUT2D eigenvalue weighted by Gasteiger charge is -2.44. The maximum atomic E-state index is 16.3. The molecule has 0 spiro atoms. The summed E-state index contributed by atoms with van der Waals surface area (Å²) in [5.74, 6) is -1.21. The second-order valence-electron chi connectivity index (χ2n) is 9.80. The third-order valence-electron chi connectivity index (χ3n) is 5.41. The first-order chi connectivity index (χ1) is 14.8. The fourth-order valence-electron chi connectivity index (χ4n) is 3.99. The lowest BCUT2D eigenvalue weighted by Crippen LogP contribution is -2.57. The maximum absolute atomic E-state index is 16.3. The molecule has 0 bridgehead atoms. The van der Waals surface area contributed by atoms with Gasteiger partial charge in [-0.05, 0) is 20.8 Å². The molecule has 0 fully saturated rings. The maximum Gasteiger partial charge on any atom is 0.288 e. The predicted molar refractivity (Wildman–Crippen MR) is 125 cm³/mol. The normalized spacial score (nSPS) is 15.0. The number of amides is 3. The van der Waals surface area contributed by atoms with Crippen LogP contribution in [0.2, 0.25) is 10.1 Å². The van der Waals surface area contributed by atoms with Gasteiger partial charge in [0.2, 0.25) is 0 Å². The van der Waals surface area contributed by atoms with Crippen LogP contribution in [-0.2, 0) is 19.2 Å². The Kier molecular flexibility index (Phi) is 7.77. The van der Waals surface area contributed by atoms with Crippen LogP contribution in [-0.4, -0.2) is 56.9 Å². The van der Waals surface area contributed by atoms with E-state index in [1.807, 2.05) is 53.7 Å². The van der Waals surface area contributed by atoms with Gasteiger partial charge in [0.1, 0.15) is 0 Å². The first kappa shape index (κ1) is 25.4. The van der Waals surface area contributed by atoms with Crippen molar-refractivity contribution >= 4 is 37.5 Å². The molecule has 1 aromatic carbocycles. The number of nitrogens with one attached hydrogen (secondary N) is 1. The van der Waals surface area contributed by atoms with Crippen molar-refractivity contribution in [1.29, 1.82) is 0 Å². The number of nitrogens with zero attached hydrogens (tertiary/aromatic N) is 2. The van der Waals surface area contributed by atoms with Crippen LogP contribution in [0.1, 0.15) is 47.1 Å². The molecule has 2 rings (SSSR count). The van der Waals surface area contributed by atoms with Crippen LogP contribution in [0.5, 0.6) is 0 Å². The van der Waals surface area contributed by atoms with E-state index in [4.69, 9.17) is 4.84 Å². The molecule has 1 aliphatic rings. The molecule has 32 heavy (non-hydrogen) atoms. The summed E-state index contributed by atoms with van der Waals surface area (Å²) in [4.78, 5) is 40.7. The molecule has 0 saturated heterocycles. The molecule has 0 unspecified atom stereocenters. The van der Waals surface area contributed by atoms with Crippen molar-refractivity contribution < 1.29 is 23.3 Å². The predicted octanol–water partition coefficient (Wildman–Crippen LogP) is 2.80. The number of oxime groups is 1. The van der Waals surface area contributed by atoms with E-state index in [0.717, 1.165) is 15.7 Å². The lowest BCUT2D eigenvalue weighted by atomic mass is 10.2. The van der Waals surface area contributed by atoms with Crippen LogP contribution in [0.15, 0.2) is 41.6 Å². The van der Waals surface area contributed by atoms with Crippen LogP contribution >= 0.6 is 0 Å². The van der Waals surface area contributed by atoms with Gasteiger partial charge in [0.15, 0.2) is 6.61 Å². The second kappa shape index (κ2) is 9.77. The number of rotatable bonds is 8. The highest BCUT2D eigenvalue weighted by Gasteiger charge is 2.56. The molecule has 0 radical (unpaired) electrons. The Balaban J connectivity index is 1.85. The molecule has 0 atom stereocenters. The lowest BCUT2D eigenvalue weighted by molar-refractivity contribution is -0.137. The molecular formula is C23H32FN3O4Si. The van der Waals surface area contributed by atoms with Gasteiger partial charge in [-0.15, -0.1) is 0 Å². The monoisotopic (exact) mass is 461 g/mol. The minimum absolute atomic E-state index is 0.0918. The van der Waals surface area contributed by atoms with Crippen LogP contribution < -0.4 is 10.5 Å². The quantitative estimate of drug-likeness (QED) is 0.212. The van der Waals surface area contributed by atoms with Gasteiger partial charge >= 0.3 is 0 Å². The van der Waals surface area contributed by atoms with Crippen LogP contribution in [0.4, 0.5) is 4.11 Å². The zero-order valence-corrected chi connectivity index (χ0v) is 20.6. The summed E-state index contributed by atoms with van der Waals surface area (Å²) in [7, 11) is -3.31. The zero-order valence-electron chi connectivity index (χ0n) is 19.6. The molecule has 7 nitrogen and oxygen atoms in total. The van der Waals surface area contributed by atoms with E-state index < -0.39 is 36.2 Å². The summed E-state index contributed by atoms with van der Waals surface area (Å²) in [6, 6.07) is 7.21. The van der Waals surface area contributed by atoms with E-state index >= 15 is 4.11 Å². The smallest absolute Gasteiger partial charge is 0.288 e. The SMILES string of the molecule is CC(C)(C)[Si](F)(c1ccc(C=NOCC(=O)NCCN2C(=O)C=CC2=O)cc1)C(C)(C)C. The Morgan fingerprint density at radius 1 is 1.06 bits per heavy atom. The number of imide groups is 1. The fraction of sp³-hybridized carbons (Fsp3) is 0.478. The molecule has 3 amide bonds. The van der Waals surface area contributed by atoms with E-state index in [0.29, 0.717) is 0 Å². The molecule has 1 N–H and O–H groups in total. The van der Waals surface area contributed by atoms with Gasteiger partial charge in [-0.1, -0.05) is 71.0 Å². The van der Waals surface area contributed by atoms with Gasteiger partial charge in [-0.25, -0.2) is 0 Å². The molecule has 0 aliphatic carbocycles. The topological polar surface area (TPSA) is 88.1 Å². The average molecular weight is 462 g/mol. The van der Waals surface area contributed by atoms with Gasteiger partial charge in [0.25, 0.3) is 26.1 Å². The van der Waals surface area contributed by atoms with Crippen LogP contribution in [0, 0.1) is 0 Å². The largest absolute Gasteiger partial charge is 0.386 e. The van der Waals surface area contributed by atoms with E-state index in [1.54, 1.807) is 12.1 Å². The molecule has 9 heteroatoms. The van der Waals surface area contributed by atoms with E-state index in [2.05, 4.69) is 10.5 Å². The Morgan fingerprint density at radius 2 is 1.59 bits per heavy atom. The highest BCUT2D eigenvalue weighted by molar-refractivity contribution is 6.90. The molecule has 1 heterocycles. The Hall–Kier alpha value is -2.81. The molecular weight excluding hydrogens is 429 g/mol. The molecule has 0 aromatic heterocycles. The fourth-order valence-corrected chi connectivity index (χ4v) is 8.60. The van der Waals surface area contributed by atoms with Gasteiger partial charge in [-0.2, -0.15) is 0 Å². The van der Waals surface area contributed by atoms with E-state index in [-0.39, 0.29) is 19.7 Å². The number of hydrogen-bond donors (Lipinski definition) is 1. The highest BCUT2D eigenvalue weighted by Crippen LogP contribution is 2.51. The van der Waals surface area contributed by atoms with Gasteiger partial charge in [-0.3, -0.25) is 19.3 Å². The number of benzene rings is 1. The first-order valence-electron chi connectivity index (χ1n) is 10.5. The summed E-state index contributed by atoms with van der Waals surface area (Å²) in [6.07, 6.45) is 3.84. The Labute approximate surface area is 189 Å². The van der Waals surface area contributed by atoms with Crippen molar-refractivity contribution in [2.75, 3.05) is 19.7 Å². The summed E-state index contributed by atoms with van der Waals surface area (Å²) in [6.45, 7) is 11.6. The van der Waals surface area contributed by atoms with Crippen molar-refractivity contribution in [3.63, 3.8) is 0 Å². The third kappa shape index (κ3) is 5.70. The van der Waals surface area contributed by atoms with Crippen LogP contribution in [0.3, 0.4) is 0 Å². The summed E-state index contributed by atoms with van der Waals surface area (Å²) in [5.41, 5.74) is 0.729. The third-order valence-corrected chi connectivity index (χ3v) is 10.7. The zero-order chi connectivity index (χ0) is 24.2. The molecule has 1 aromatic rings. The summed E-state index contributed by atoms with van der Waals surface area (Å²) < 4.78 is 16.3.